The number of piperidine rings is 1. The first kappa shape index (κ1) is 15.8. The largest absolute Gasteiger partial charge is 0.454 e. The first-order valence-electron chi connectivity index (χ1n) is 8.11. The van der Waals surface area contributed by atoms with Gasteiger partial charge in [-0.15, -0.1) is 0 Å². The van der Waals surface area contributed by atoms with Crippen LogP contribution in [0.15, 0.2) is 36.5 Å². The zero-order valence-corrected chi connectivity index (χ0v) is 13.4. The molecular formula is C18H17FN2O4. The highest BCUT2D eigenvalue weighted by Crippen LogP contribution is 2.37. The number of benzene rings is 1. The number of hydrogen-bond acceptors (Lipinski definition) is 5. The van der Waals surface area contributed by atoms with Crippen LogP contribution in [0, 0.1) is 5.82 Å². The summed E-state index contributed by atoms with van der Waals surface area (Å²) in [5.74, 6) is 0.0866. The number of carbonyl (C=O) groups excluding carboxylic acids is 1. The number of amides is 1. The monoisotopic (exact) mass is 344 g/mol. The molecule has 1 saturated heterocycles. The molecule has 0 saturated carbocycles. The molecule has 2 aliphatic heterocycles. The van der Waals surface area contributed by atoms with Crippen LogP contribution in [0.1, 0.15) is 28.4 Å². The molecule has 1 N–H and O–H groups in total. The van der Waals surface area contributed by atoms with Crippen molar-refractivity contribution in [1.29, 1.82) is 0 Å². The summed E-state index contributed by atoms with van der Waals surface area (Å²) in [6.45, 7) is 0.753. The van der Waals surface area contributed by atoms with Crippen LogP contribution in [0.4, 0.5) is 4.39 Å². The van der Waals surface area contributed by atoms with Crippen LogP contribution < -0.4 is 9.47 Å². The number of aliphatic hydroxyl groups excluding tert-OH is 1. The molecule has 0 unspecified atom stereocenters. The Morgan fingerprint density at radius 1 is 1.28 bits per heavy atom. The van der Waals surface area contributed by atoms with Gasteiger partial charge in [0, 0.05) is 25.2 Å². The first-order chi connectivity index (χ1) is 12.1. The fraction of sp³-hybridized carbons (Fsp3) is 0.333. The van der Waals surface area contributed by atoms with Crippen molar-refractivity contribution in [3.8, 4) is 11.5 Å². The van der Waals surface area contributed by atoms with Crippen LogP contribution >= 0.6 is 0 Å². The van der Waals surface area contributed by atoms with E-state index in [1.807, 2.05) is 18.2 Å². The summed E-state index contributed by atoms with van der Waals surface area (Å²) >= 11 is 0. The molecular weight excluding hydrogens is 327 g/mol. The third-order valence-corrected chi connectivity index (χ3v) is 4.65. The average molecular weight is 344 g/mol. The minimum Gasteiger partial charge on any atom is -0.454 e. The molecule has 0 radical (unpaired) electrons. The molecule has 4 rings (SSSR count). The zero-order valence-electron chi connectivity index (χ0n) is 13.4. The molecule has 2 atom stereocenters. The molecule has 7 heteroatoms. The van der Waals surface area contributed by atoms with E-state index in [2.05, 4.69) is 4.98 Å². The van der Waals surface area contributed by atoms with Gasteiger partial charge < -0.3 is 19.5 Å². The van der Waals surface area contributed by atoms with Gasteiger partial charge in [0.2, 0.25) is 6.79 Å². The smallest absolute Gasteiger partial charge is 0.275 e. The second-order valence-corrected chi connectivity index (χ2v) is 6.16. The van der Waals surface area contributed by atoms with E-state index in [-0.39, 0.29) is 24.9 Å². The summed E-state index contributed by atoms with van der Waals surface area (Å²) < 4.78 is 24.4. The van der Waals surface area contributed by atoms with Crippen LogP contribution in [0.5, 0.6) is 11.5 Å². The molecule has 3 heterocycles. The minimum atomic E-state index is -0.746. The van der Waals surface area contributed by atoms with Crippen molar-refractivity contribution in [2.75, 3.05) is 19.9 Å². The zero-order chi connectivity index (χ0) is 17.4. The number of ether oxygens (including phenoxy) is 2. The summed E-state index contributed by atoms with van der Waals surface area (Å²) in [6, 6.07) is 8.23. The number of aliphatic hydroxyl groups is 1. The van der Waals surface area contributed by atoms with Crippen molar-refractivity contribution >= 4 is 5.91 Å². The Bertz CT molecular complexity index is 813. The molecule has 1 aromatic carbocycles. The second kappa shape index (κ2) is 6.33. The minimum absolute atomic E-state index is 0.118. The van der Waals surface area contributed by atoms with E-state index in [4.69, 9.17) is 9.47 Å². The van der Waals surface area contributed by atoms with E-state index in [0.717, 1.165) is 5.56 Å². The number of halogens is 1. The van der Waals surface area contributed by atoms with E-state index in [9.17, 15) is 14.3 Å². The van der Waals surface area contributed by atoms with Gasteiger partial charge in [0.05, 0.1) is 6.10 Å². The molecule has 2 aromatic rings. The fourth-order valence-corrected chi connectivity index (χ4v) is 3.34. The van der Waals surface area contributed by atoms with Crippen LogP contribution in [0.3, 0.4) is 0 Å². The Kier molecular flexibility index (Phi) is 4.01. The van der Waals surface area contributed by atoms with E-state index in [0.29, 0.717) is 24.5 Å². The Hall–Kier alpha value is -2.67. The van der Waals surface area contributed by atoms with Crippen LogP contribution in [0.25, 0.3) is 0 Å². The van der Waals surface area contributed by atoms with Crippen LogP contribution in [0.2, 0.25) is 0 Å². The summed E-state index contributed by atoms with van der Waals surface area (Å²) in [6.07, 6.45) is 1.21. The number of likely N-dealkylation sites (tertiary alicyclic amines) is 1. The molecule has 0 spiro atoms. The van der Waals surface area contributed by atoms with Crippen molar-refractivity contribution in [2.45, 2.75) is 18.4 Å². The van der Waals surface area contributed by atoms with E-state index >= 15 is 0 Å². The van der Waals surface area contributed by atoms with Gasteiger partial charge in [-0.25, -0.2) is 9.37 Å². The Labute approximate surface area is 143 Å². The average Bonchev–Trinajstić information content (AvgIpc) is 3.09. The standard InChI is InChI=1S/C18H17FN2O4/c19-13-2-1-6-20-17(13)18(23)21-7-5-12(14(22)9-21)11-3-4-15-16(8-11)25-10-24-15/h1-4,6,8,12,14,22H,5,7,9-10H2/t12-,14+/m0/s1. The fourth-order valence-electron chi connectivity index (χ4n) is 3.34. The van der Waals surface area contributed by atoms with E-state index in [1.54, 1.807) is 0 Å². The Balaban J connectivity index is 1.49. The summed E-state index contributed by atoms with van der Waals surface area (Å²) in [5.41, 5.74) is 0.726. The summed E-state index contributed by atoms with van der Waals surface area (Å²) in [5, 5.41) is 10.5. The van der Waals surface area contributed by atoms with Crippen LogP contribution in [-0.4, -0.2) is 46.9 Å². The molecule has 0 bridgehead atoms. The molecule has 0 aliphatic carbocycles. The molecule has 130 valence electrons. The SMILES string of the molecule is O=C(c1ncccc1F)N1CC[C@@H](c2ccc3c(c2)OCO3)[C@H](O)C1. The molecule has 25 heavy (non-hydrogen) atoms. The van der Waals surface area contributed by atoms with Crippen molar-refractivity contribution < 1.29 is 23.8 Å². The molecule has 2 aliphatic rings. The summed E-state index contributed by atoms with van der Waals surface area (Å²) in [7, 11) is 0. The van der Waals surface area contributed by atoms with Crippen molar-refractivity contribution in [3.63, 3.8) is 0 Å². The number of carbonyl (C=O) groups is 1. The lowest BCUT2D eigenvalue weighted by Crippen LogP contribution is -2.46. The number of nitrogens with zero attached hydrogens (tertiary/aromatic N) is 2. The molecule has 6 nitrogen and oxygen atoms in total. The lowest BCUT2D eigenvalue weighted by molar-refractivity contribution is 0.0374. The van der Waals surface area contributed by atoms with Crippen molar-refractivity contribution in [3.05, 3.63) is 53.6 Å². The Morgan fingerprint density at radius 3 is 2.92 bits per heavy atom. The van der Waals surface area contributed by atoms with Gasteiger partial charge in [0.1, 0.15) is 0 Å². The number of fused-ring (bicyclic) bond motifs is 1. The third kappa shape index (κ3) is 2.91. The third-order valence-electron chi connectivity index (χ3n) is 4.65. The predicted octanol–water partition coefficient (Wildman–Crippen LogP) is 1.94. The number of rotatable bonds is 2. The van der Waals surface area contributed by atoms with Crippen molar-refractivity contribution in [2.24, 2.45) is 0 Å². The highest BCUT2D eigenvalue weighted by atomic mass is 19.1. The maximum Gasteiger partial charge on any atom is 0.275 e. The number of pyridine rings is 1. The molecule has 1 aromatic heterocycles. The van der Waals surface area contributed by atoms with Gasteiger partial charge in [-0.1, -0.05) is 6.07 Å². The van der Waals surface area contributed by atoms with Crippen LogP contribution in [-0.2, 0) is 0 Å². The maximum absolute atomic E-state index is 13.8. The Morgan fingerprint density at radius 2 is 2.12 bits per heavy atom. The second-order valence-electron chi connectivity index (χ2n) is 6.16. The highest BCUT2D eigenvalue weighted by Gasteiger charge is 2.33. The molecule has 1 fully saturated rings. The van der Waals surface area contributed by atoms with E-state index < -0.39 is 17.8 Å². The van der Waals surface area contributed by atoms with Gasteiger partial charge in [-0.2, -0.15) is 0 Å². The van der Waals surface area contributed by atoms with Gasteiger partial charge in [0.15, 0.2) is 23.0 Å². The van der Waals surface area contributed by atoms with Crippen molar-refractivity contribution in [1.82, 2.24) is 9.88 Å². The van der Waals surface area contributed by atoms with Gasteiger partial charge in [-0.05, 0) is 36.2 Å². The molecule has 1 amide bonds. The van der Waals surface area contributed by atoms with Gasteiger partial charge in [0.25, 0.3) is 5.91 Å². The maximum atomic E-state index is 13.8. The normalized spacial score (nSPS) is 22.1. The van der Waals surface area contributed by atoms with Gasteiger partial charge in [-0.3, -0.25) is 4.79 Å². The lowest BCUT2D eigenvalue weighted by Gasteiger charge is -2.36. The number of hydrogen-bond donors (Lipinski definition) is 1. The number of β-amino-alcohol motifs (C(OH)–C–C–N with tert-alkyl or cyclic N) is 1. The van der Waals surface area contributed by atoms with Gasteiger partial charge >= 0.3 is 0 Å². The topological polar surface area (TPSA) is 71.9 Å². The predicted molar refractivity (Wildman–Crippen MR) is 86.0 cm³/mol. The lowest BCUT2D eigenvalue weighted by atomic mass is 9.86. The van der Waals surface area contributed by atoms with E-state index in [1.165, 1.54) is 23.2 Å². The highest BCUT2D eigenvalue weighted by molar-refractivity contribution is 5.92. The quantitative estimate of drug-likeness (QED) is 0.901. The summed E-state index contributed by atoms with van der Waals surface area (Å²) in [4.78, 5) is 17.7. The number of aromatic nitrogens is 1. The first-order valence-corrected chi connectivity index (χ1v) is 8.11.